The van der Waals surface area contributed by atoms with Crippen LogP contribution in [0.1, 0.15) is 27.9 Å². The highest BCUT2D eigenvalue weighted by Crippen LogP contribution is 2.31. The number of hydrogen-bond acceptors (Lipinski definition) is 2. The molecule has 0 fully saturated rings. The lowest BCUT2D eigenvalue weighted by atomic mass is 10.1. The minimum atomic E-state index is -0.523. The number of benzene rings is 2. The Morgan fingerprint density at radius 1 is 1.11 bits per heavy atom. The number of aryl methyl sites for hydroxylation is 2. The van der Waals surface area contributed by atoms with Crippen LogP contribution in [0, 0.1) is 5.82 Å². The van der Waals surface area contributed by atoms with Crippen molar-refractivity contribution in [3.8, 4) is 11.5 Å². The lowest BCUT2D eigenvalue weighted by Gasteiger charge is -2.10. The van der Waals surface area contributed by atoms with Crippen LogP contribution in [-0.2, 0) is 12.8 Å². The van der Waals surface area contributed by atoms with Crippen molar-refractivity contribution in [2.45, 2.75) is 19.3 Å². The van der Waals surface area contributed by atoms with Crippen LogP contribution in [0.5, 0.6) is 11.5 Å². The zero-order valence-electron chi connectivity index (χ0n) is 10.4. The van der Waals surface area contributed by atoms with Gasteiger partial charge in [0.25, 0.3) is 0 Å². The van der Waals surface area contributed by atoms with E-state index < -0.39 is 5.82 Å². The molecule has 96 valence electrons. The van der Waals surface area contributed by atoms with Crippen molar-refractivity contribution in [3.63, 3.8) is 0 Å². The number of carbonyl (C=O) groups is 1. The Morgan fingerprint density at radius 2 is 1.95 bits per heavy atom. The Hall–Kier alpha value is -2.16. The summed E-state index contributed by atoms with van der Waals surface area (Å²) in [5, 5.41) is 0. The van der Waals surface area contributed by atoms with Gasteiger partial charge in [-0.25, -0.2) is 4.39 Å². The van der Waals surface area contributed by atoms with E-state index >= 15 is 0 Å². The van der Waals surface area contributed by atoms with Gasteiger partial charge < -0.3 is 4.74 Å². The summed E-state index contributed by atoms with van der Waals surface area (Å²) in [6.45, 7) is 0. The SMILES string of the molecule is O=Cc1cccc(F)c1Oc1ccc2c(c1)CCC2. The Morgan fingerprint density at radius 3 is 2.79 bits per heavy atom. The maximum Gasteiger partial charge on any atom is 0.173 e. The van der Waals surface area contributed by atoms with Crippen molar-refractivity contribution in [2.75, 3.05) is 0 Å². The zero-order chi connectivity index (χ0) is 13.2. The Kier molecular flexibility index (Phi) is 3.03. The number of halogens is 1. The quantitative estimate of drug-likeness (QED) is 0.778. The number of ether oxygens (including phenoxy) is 1. The van der Waals surface area contributed by atoms with Crippen molar-refractivity contribution < 1.29 is 13.9 Å². The predicted molar refractivity (Wildman–Crippen MR) is 70.3 cm³/mol. The summed E-state index contributed by atoms with van der Waals surface area (Å²) >= 11 is 0. The molecule has 2 aromatic rings. The van der Waals surface area contributed by atoms with Gasteiger partial charge in [-0.3, -0.25) is 4.79 Å². The van der Waals surface area contributed by atoms with E-state index in [1.165, 1.54) is 23.3 Å². The molecule has 0 unspecified atom stereocenters. The fourth-order valence-corrected chi connectivity index (χ4v) is 2.46. The molecule has 3 heteroatoms. The van der Waals surface area contributed by atoms with Gasteiger partial charge in [-0.15, -0.1) is 0 Å². The Bertz CT molecular complexity index is 635. The van der Waals surface area contributed by atoms with Gasteiger partial charge in [0.2, 0.25) is 0 Å². The first-order valence-electron chi connectivity index (χ1n) is 6.31. The molecule has 3 rings (SSSR count). The molecule has 19 heavy (non-hydrogen) atoms. The van der Waals surface area contributed by atoms with Gasteiger partial charge in [-0.1, -0.05) is 12.1 Å². The first kappa shape index (κ1) is 11.9. The molecular weight excluding hydrogens is 243 g/mol. The maximum atomic E-state index is 13.7. The second kappa shape index (κ2) is 4.84. The molecule has 0 N–H and O–H groups in total. The molecule has 0 aliphatic heterocycles. The highest BCUT2D eigenvalue weighted by Gasteiger charge is 2.14. The molecule has 0 aromatic heterocycles. The second-order valence-corrected chi connectivity index (χ2v) is 4.66. The smallest absolute Gasteiger partial charge is 0.173 e. The average Bonchev–Trinajstić information content (AvgIpc) is 2.88. The van der Waals surface area contributed by atoms with Crippen molar-refractivity contribution in [3.05, 3.63) is 58.9 Å². The van der Waals surface area contributed by atoms with Crippen LogP contribution in [0.4, 0.5) is 4.39 Å². The minimum absolute atomic E-state index is 0.00422. The topological polar surface area (TPSA) is 26.3 Å². The molecular formula is C16H13FO2. The van der Waals surface area contributed by atoms with E-state index in [4.69, 9.17) is 4.74 Å². The average molecular weight is 256 g/mol. The molecule has 2 nitrogen and oxygen atoms in total. The number of hydrogen-bond donors (Lipinski definition) is 0. The van der Waals surface area contributed by atoms with Gasteiger partial charge in [-0.05, 0) is 54.7 Å². The van der Waals surface area contributed by atoms with Crippen LogP contribution in [0.2, 0.25) is 0 Å². The van der Waals surface area contributed by atoms with Gasteiger partial charge in [0, 0.05) is 0 Å². The lowest BCUT2D eigenvalue weighted by Crippen LogP contribution is -1.95. The molecule has 1 aliphatic carbocycles. The van der Waals surface area contributed by atoms with E-state index in [1.807, 2.05) is 18.2 Å². The fourth-order valence-electron chi connectivity index (χ4n) is 2.46. The standard InChI is InChI=1S/C16H13FO2/c17-15-6-2-5-13(10-18)16(15)19-14-8-7-11-3-1-4-12(11)9-14/h2,5-10H,1,3-4H2. The summed E-state index contributed by atoms with van der Waals surface area (Å²) in [6, 6.07) is 10.1. The summed E-state index contributed by atoms with van der Waals surface area (Å²) < 4.78 is 19.3. The van der Waals surface area contributed by atoms with Crippen LogP contribution in [0.25, 0.3) is 0 Å². The van der Waals surface area contributed by atoms with Crippen molar-refractivity contribution >= 4 is 6.29 Å². The minimum Gasteiger partial charge on any atom is -0.454 e. The fraction of sp³-hybridized carbons (Fsp3) is 0.188. The third kappa shape index (κ3) is 2.24. The second-order valence-electron chi connectivity index (χ2n) is 4.66. The molecule has 0 atom stereocenters. The normalized spacial score (nSPS) is 13.1. The number of rotatable bonds is 3. The van der Waals surface area contributed by atoms with Gasteiger partial charge in [0.05, 0.1) is 5.56 Å². The first-order chi connectivity index (χ1) is 9.28. The van der Waals surface area contributed by atoms with Crippen LogP contribution >= 0.6 is 0 Å². The number of para-hydroxylation sites is 1. The summed E-state index contributed by atoms with van der Waals surface area (Å²) in [6.07, 6.45) is 3.88. The first-order valence-corrected chi connectivity index (χ1v) is 6.31. The van der Waals surface area contributed by atoms with Gasteiger partial charge >= 0.3 is 0 Å². The molecule has 1 aliphatic rings. The third-order valence-corrected chi connectivity index (χ3v) is 3.41. The molecule has 0 heterocycles. The van der Waals surface area contributed by atoms with Crippen LogP contribution < -0.4 is 4.74 Å². The lowest BCUT2D eigenvalue weighted by molar-refractivity contribution is 0.112. The molecule has 0 spiro atoms. The Balaban J connectivity index is 1.95. The van der Waals surface area contributed by atoms with Gasteiger partial charge in [0.15, 0.2) is 17.9 Å². The van der Waals surface area contributed by atoms with Crippen molar-refractivity contribution in [1.82, 2.24) is 0 Å². The highest BCUT2D eigenvalue weighted by molar-refractivity contribution is 5.79. The zero-order valence-corrected chi connectivity index (χ0v) is 10.4. The molecule has 0 radical (unpaired) electrons. The molecule has 0 amide bonds. The summed E-state index contributed by atoms with van der Waals surface area (Å²) in [7, 11) is 0. The highest BCUT2D eigenvalue weighted by atomic mass is 19.1. The Labute approximate surface area is 110 Å². The molecule has 2 aromatic carbocycles. The third-order valence-electron chi connectivity index (χ3n) is 3.41. The number of carbonyl (C=O) groups excluding carboxylic acids is 1. The largest absolute Gasteiger partial charge is 0.454 e. The summed E-state index contributed by atoms with van der Waals surface area (Å²) in [5.41, 5.74) is 2.80. The molecule has 0 saturated heterocycles. The van der Waals surface area contributed by atoms with Crippen LogP contribution in [-0.4, -0.2) is 6.29 Å². The van der Waals surface area contributed by atoms with E-state index in [9.17, 15) is 9.18 Å². The predicted octanol–water partition coefficient (Wildman–Crippen LogP) is 3.92. The van der Waals surface area contributed by atoms with E-state index in [1.54, 1.807) is 6.07 Å². The van der Waals surface area contributed by atoms with Crippen LogP contribution in [0.15, 0.2) is 36.4 Å². The van der Waals surface area contributed by atoms with E-state index in [0.29, 0.717) is 12.0 Å². The summed E-state index contributed by atoms with van der Waals surface area (Å²) in [4.78, 5) is 10.9. The molecule has 0 bridgehead atoms. The number of aldehydes is 1. The number of fused-ring (bicyclic) bond motifs is 1. The van der Waals surface area contributed by atoms with E-state index in [2.05, 4.69) is 0 Å². The van der Waals surface area contributed by atoms with Crippen molar-refractivity contribution in [1.29, 1.82) is 0 Å². The van der Waals surface area contributed by atoms with E-state index in [0.717, 1.165) is 19.3 Å². The summed E-state index contributed by atoms with van der Waals surface area (Å²) in [5.74, 6) is 0.0504. The van der Waals surface area contributed by atoms with Gasteiger partial charge in [0.1, 0.15) is 5.75 Å². The molecule has 0 saturated carbocycles. The monoisotopic (exact) mass is 256 g/mol. The van der Waals surface area contributed by atoms with Crippen LogP contribution in [0.3, 0.4) is 0 Å². The van der Waals surface area contributed by atoms with Gasteiger partial charge in [-0.2, -0.15) is 0 Å². The maximum absolute atomic E-state index is 13.7. The van der Waals surface area contributed by atoms with E-state index in [-0.39, 0.29) is 11.3 Å². The van der Waals surface area contributed by atoms with Crippen molar-refractivity contribution in [2.24, 2.45) is 0 Å².